The lowest BCUT2D eigenvalue weighted by Crippen LogP contribution is -2.16. The van der Waals surface area contributed by atoms with Crippen LogP contribution < -0.4 is 0 Å². The average Bonchev–Trinajstić information content (AvgIpc) is 3.02. The summed E-state index contributed by atoms with van der Waals surface area (Å²) in [6, 6.07) is 67.5. The van der Waals surface area contributed by atoms with Gasteiger partial charge in [-0.2, -0.15) is 0 Å². The molecule has 0 aliphatic rings. The van der Waals surface area contributed by atoms with Crippen LogP contribution in [0.2, 0.25) is 0 Å². The summed E-state index contributed by atoms with van der Waals surface area (Å²) >= 11 is 0. The predicted molar refractivity (Wildman–Crippen MR) is 163 cm³/mol. The Balaban J connectivity index is 1.93. The zero-order valence-electron chi connectivity index (χ0n) is 21.1. The van der Waals surface area contributed by atoms with Gasteiger partial charge in [0.25, 0.3) is 0 Å². The van der Waals surface area contributed by atoms with Gasteiger partial charge in [0.05, 0.1) is 0 Å². The molecule has 0 heterocycles. The molecule has 6 aromatic rings. The highest BCUT2D eigenvalue weighted by Crippen LogP contribution is 2.99. The van der Waals surface area contributed by atoms with Crippen LogP contribution >= 0.6 is 18.1 Å². The molecule has 0 fully saturated rings. The molecule has 0 spiro atoms. The molecule has 38 heavy (non-hydrogen) atoms. The summed E-state index contributed by atoms with van der Waals surface area (Å²) in [5.41, 5.74) is 0. The van der Waals surface area contributed by atoms with Crippen molar-refractivity contribution in [2.75, 3.05) is 0 Å². The Morgan fingerprint density at radius 3 is 0.447 bits per heavy atom. The van der Waals surface area contributed by atoms with Crippen molar-refractivity contribution in [3.8, 4) is 0 Å². The van der Waals surface area contributed by atoms with Crippen LogP contribution in [0.1, 0.15) is 0 Å². The van der Waals surface area contributed by atoms with Crippen LogP contribution in [-0.2, 0) is 0 Å². The SMILES string of the molecule is c1ccc(S(c2ccccc2)(c2ccccc2)S(c2ccccc2)(c2ccccc2)c2ccccc2)cc1. The molecule has 0 bridgehead atoms. The van der Waals surface area contributed by atoms with E-state index in [4.69, 9.17) is 0 Å². The van der Waals surface area contributed by atoms with Crippen molar-refractivity contribution in [3.05, 3.63) is 182 Å². The first kappa shape index (κ1) is 24.4. The van der Waals surface area contributed by atoms with Crippen molar-refractivity contribution in [1.29, 1.82) is 0 Å². The summed E-state index contributed by atoms with van der Waals surface area (Å²) in [6.07, 6.45) is 0. The monoisotopic (exact) mass is 526 g/mol. The van der Waals surface area contributed by atoms with Gasteiger partial charge in [0.1, 0.15) is 0 Å². The molecule has 0 radical (unpaired) electrons. The zero-order chi connectivity index (χ0) is 25.7. The Hall–Kier alpha value is -3.98. The molecule has 6 rings (SSSR count). The molecule has 0 aliphatic carbocycles. The van der Waals surface area contributed by atoms with Crippen LogP contribution in [0.25, 0.3) is 0 Å². The van der Waals surface area contributed by atoms with Gasteiger partial charge in [-0.3, -0.25) is 0 Å². The van der Waals surface area contributed by atoms with Gasteiger partial charge in [0.2, 0.25) is 0 Å². The lowest BCUT2D eigenvalue weighted by atomic mass is 10.4. The topological polar surface area (TPSA) is 0 Å². The maximum atomic E-state index is 2.35. The van der Waals surface area contributed by atoms with E-state index in [0.717, 1.165) is 0 Å². The van der Waals surface area contributed by atoms with Crippen LogP contribution in [0, 0.1) is 0 Å². The molecule has 0 aromatic heterocycles. The van der Waals surface area contributed by atoms with Crippen LogP contribution in [-0.4, -0.2) is 0 Å². The molecular weight excluding hydrogens is 497 g/mol. The molecule has 0 amide bonds. The highest BCUT2D eigenvalue weighted by atomic mass is 33.2. The minimum Gasteiger partial charge on any atom is -0.116 e. The maximum absolute atomic E-state index is 2.35. The van der Waals surface area contributed by atoms with Crippen LogP contribution in [0.15, 0.2) is 211 Å². The quantitative estimate of drug-likeness (QED) is 0.181. The first-order valence-electron chi connectivity index (χ1n) is 12.9. The molecule has 186 valence electrons. The minimum absolute atomic E-state index is 1.36. The van der Waals surface area contributed by atoms with E-state index < -0.39 is 18.1 Å². The molecule has 0 nitrogen and oxygen atoms in total. The van der Waals surface area contributed by atoms with E-state index in [1.54, 1.807) is 0 Å². The van der Waals surface area contributed by atoms with E-state index in [-0.39, 0.29) is 0 Å². The summed E-state index contributed by atoms with van der Waals surface area (Å²) in [7, 11) is -3.82. The van der Waals surface area contributed by atoms with Crippen molar-refractivity contribution >= 4 is 18.1 Å². The van der Waals surface area contributed by atoms with Crippen molar-refractivity contribution in [1.82, 2.24) is 0 Å². The maximum Gasteiger partial charge on any atom is 0.00678 e. The third kappa shape index (κ3) is 3.89. The van der Waals surface area contributed by atoms with Crippen molar-refractivity contribution in [2.45, 2.75) is 29.4 Å². The number of hydrogen-bond donors (Lipinski definition) is 0. The van der Waals surface area contributed by atoms with E-state index in [1.807, 2.05) is 0 Å². The Labute approximate surface area is 228 Å². The van der Waals surface area contributed by atoms with E-state index >= 15 is 0 Å². The highest BCUT2D eigenvalue weighted by Gasteiger charge is 2.50. The molecule has 6 aromatic carbocycles. The molecule has 0 atom stereocenters. The standard InChI is InChI=1S/C36H30S2/c1-7-19-31(20-8-1)37(32-21-9-2-10-22-32,33-23-11-3-12-24-33)38(34-25-13-4-14-26-34,35-27-15-5-16-28-35)36-29-17-6-18-30-36/h1-30H. The second kappa shape index (κ2) is 10.8. The Morgan fingerprint density at radius 1 is 0.184 bits per heavy atom. The normalized spacial score (nSPS) is 12.5. The van der Waals surface area contributed by atoms with Crippen molar-refractivity contribution in [2.24, 2.45) is 0 Å². The average molecular weight is 527 g/mol. The van der Waals surface area contributed by atoms with E-state index in [2.05, 4.69) is 182 Å². The third-order valence-corrected chi connectivity index (χ3v) is 18.9. The van der Waals surface area contributed by atoms with Gasteiger partial charge in [0.15, 0.2) is 0 Å². The van der Waals surface area contributed by atoms with Crippen molar-refractivity contribution in [3.63, 3.8) is 0 Å². The van der Waals surface area contributed by atoms with Gasteiger partial charge in [-0.05, 0) is 72.8 Å². The summed E-state index contributed by atoms with van der Waals surface area (Å²) in [6.45, 7) is 0. The Bertz CT molecular complexity index is 1250. The molecule has 0 saturated carbocycles. The summed E-state index contributed by atoms with van der Waals surface area (Å²) < 4.78 is 0. The second-order valence-electron chi connectivity index (χ2n) is 8.99. The van der Waals surface area contributed by atoms with Crippen LogP contribution in [0.5, 0.6) is 0 Å². The first-order chi connectivity index (χ1) is 18.9. The van der Waals surface area contributed by atoms with Gasteiger partial charge in [0, 0.05) is 29.4 Å². The summed E-state index contributed by atoms with van der Waals surface area (Å²) in [5, 5.41) is 0. The van der Waals surface area contributed by atoms with Crippen molar-refractivity contribution < 1.29 is 0 Å². The number of rotatable bonds is 7. The molecule has 0 unspecified atom stereocenters. The molecular formula is C36H30S2. The fourth-order valence-corrected chi connectivity index (χ4v) is 19.2. The Morgan fingerprint density at radius 2 is 0.316 bits per heavy atom. The Kier molecular flexibility index (Phi) is 6.92. The van der Waals surface area contributed by atoms with Gasteiger partial charge < -0.3 is 0 Å². The molecule has 0 N–H and O–H groups in total. The third-order valence-electron chi connectivity index (χ3n) is 6.83. The van der Waals surface area contributed by atoms with Crippen LogP contribution in [0.3, 0.4) is 0 Å². The summed E-state index contributed by atoms with van der Waals surface area (Å²) in [4.78, 5) is 8.19. The predicted octanol–water partition coefficient (Wildman–Crippen LogP) is 10.9. The fourth-order valence-electron chi connectivity index (χ4n) is 5.36. The fraction of sp³-hybridized carbons (Fsp3) is 0. The number of benzene rings is 6. The largest absolute Gasteiger partial charge is 0.116 e. The van der Waals surface area contributed by atoms with E-state index in [0.29, 0.717) is 0 Å². The van der Waals surface area contributed by atoms with E-state index in [1.165, 1.54) is 29.4 Å². The van der Waals surface area contributed by atoms with E-state index in [9.17, 15) is 0 Å². The summed E-state index contributed by atoms with van der Waals surface area (Å²) in [5.74, 6) is 0. The lowest BCUT2D eigenvalue weighted by Gasteiger charge is -2.60. The smallest absolute Gasteiger partial charge is 0.00678 e. The van der Waals surface area contributed by atoms with Crippen LogP contribution in [0.4, 0.5) is 0 Å². The minimum atomic E-state index is -1.91. The molecule has 0 saturated heterocycles. The first-order valence-corrected chi connectivity index (χ1v) is 16.6. The van der Waals surface area contributed by atoms with Gasteiger partial charge in [-0.15, -0.1) is 18.1 Å². The van der Waals surface area contributed by atoms with Gasteiger partial charge in [-0.25, -0.2) is 0 Å². The molecule has 2 heteroatoms. The zero-order valence-corrected chi connectivity index (χ0v) is 22.8. The number of hydrogen-bond acceptors (Lipinski definition) is 0. The lowest BCUT2D eigenvalue weighted by molar-refractivity contribution is 1.28. The van der Waals surface area contributed by atoms with Gasteiger partial charge >= 0.3 is 0 Å². The molecule has 0 aliphatic heterocycles. The van der Waals surface area contributed by atoms with Gasteiger partial charge in [-0.1, -0.05) is 109 Å². The highest BCUT2D eigenvalue weighted by molar-refractivity contribution is 9.08. The second-order valence-corrected chi connectivity index (χ2v) is 17.0.